The molecule has 0 fully saturated rings. The van der Waals surface area contributed by atoms with Crippen molar-refractivity contribution in [2.75, 3.05) is 0 Å². The Balaban J connectivity index is 0.00000200. The number of phenolic OH excluding ortho intramolecular Hbond substituents is 2. The van der Waals surface area contributed by atoms with Crippen LogP contribution in [0.15, 0.2) is 16.9 Å². The molecule has 0 aliphatic rings. The van der Waals surface area contributed by atoms with Crippen LogP contribution in [0.4, 0.5) is 0 Å². The van der Waals surface area contributed by atoms with E-state index in [1.165, 1.54) is 12.1 Å². The average Bonchev–Trinajstić information content (AvgIpc) is 2.31. The molecule has 0 aliphatic heterocycles. The van der Waals surface area contributed by atoms with Crippen LogP contribution in [0.2, 0.25) is 0 Å². The Labute approximate surface area is 156 Å². The maximum Gasteiger partial charge on any atom is 1.00 e. The molecule has 1 aromatic carbocycles. The summed E-state index contributed by atoms with van der Waals surface area (Å²) in [5.74, 6) is -2.01. The number of nitrogens with zero attached hydrogens (tertiary/aromatic N) is 2. The van der Waals surface area contributed by atoms with Crippen LogP contribution in [-0.4, -0.2) is 25.7 Å². The third-order valence-electron chi connectivity index (χ3n) is 2.81. The van der Waals surface area contributed by atoms with Crippen molar-refractivity contribution < 1.29 is 71.5 Å². The molecular formula is C12H11KN2O5. The van der Waals surface area contributed by atoms with Gasteiger partial charge in [0.2, 0.25) is 0 Å². The van der Waals surface area contributed by atoms with E-state index in [1.54, 1.807) is 6.92 Å². The Bertz CT molecular complexity index is 726. The van der Waals surface area contributed by atoms with E-state index in [-0.39, 0.29) is 75.8 Å². The van der Waals surface area contributed by atoms with E-state index in [9.17, 15) is 24.9 Å². The Morgan fingerprint density at radius 3 is 2.55 bits per heavy atom. The van der Waals surface area contributed by atoms with Crippen LogP contribution in [0.5, 0.6) is 11.5 Å². The molecule has 0 aliphatic carbocycles. The normalized spacial score (nSPS) is 10.2. The van der Waals surface area contributed by atoms with Gasteiger partial charge in [-0.15, -0.1) is 0 Å². The van der Waals surface area contributed by atoms with Crippen molar-refractivity contribution in [3.05, 3.63) is 28.3 Å². The van der Waals surface area contributed by atoms with E-state index in [0.717, 1.165) is 4.57 Å². The van der Waals surface area contributed by atoms with Crippen molar-refractivity contribution in [1.82, 2.24) is 9.55 Å². The fourth-order valence-electron chi connectivity index (χ4n) is 1.87. The second-order valence-corrected chi connectivity index (χ2v) is 4.11. The first-order valence-corrected chi connectivity index (χ1v) is 5.53. The van der Waals surface area contributed by atoms with Crippen LogP contribution >= 0.6 is 0 Å². The van der Waals surface area contributed by atoms with Gasteiger partial charge in [0, 0.05) is 30.4 Å². The number of carboxylic acids is 1. The summed E-state index contributed by atoms with van der Waals surface area (Å²) in [6.45, 7) is 1.47. The van der Waals surface area contributed by atoms with Crippen LogP contribution in [0.25, 0.3) is 10.9 Å². The summed E-state index contributed by atoms with van der Waals surface area (Å²) in [7, 11) is 0. The van der Waals surface area contributed by atoms with Crippen molar-refractivity contribution in [1.29, 1.82) is 0 Å². The number of aromatic nitrogens is 2. The first-order chi connectivity index (χ1) is 8.90. The molecule has 1 aromatic heterocycles. The number of carboxylic acid groups (broad SMARTS) is 1. The molecule has 7 nitrogen and oxygen atoms in total. The molecule has 0 saturated heterocycles. The zero-order valence-electron chi connectivity index (χ0n) is 11.1. The molecule has 0 spiro atoms. The quantitative estimate of drug-likeness (QED) is 0.445. The smallest absolute Gasteiger partial charge is 0.550 e. The average molecular weight is 302 g/mol. The number of aryl methyl sites for hydroxylation is 2. The van der Waals surface area contributed by atoms with E-state index in [1.807, 2.05) is 0 Å². The van der Waals surface area contributed by atoms with Crippen molar-refractivity contribution in [2.24, 2.45) is 0 Å². The zero-order chi connectivity index (χ0) is 14.2. The molecule has 2 aromatic rings. The monoisotopic (exact) mass is 302 g/mol. The van der Waals surface area contributed by atoms with Gasteiger partial charge in [0.25, 0.3) is 0 Å². The van der Waals surface area contributed by atoms with E-state index in [4.69, 9.17) is 0 Å². The molecule has 0 amide bonds. The van der Waals surface area contributed by atoms with Gasteiger partial charge in [0.05, 0.1) is 11.2 Å². The maximum absolute atomic E-state index is 11.8. The van der Waals surface area contributed by atoms with Gasteiger partial charge in [-0.2, -0.15) is 4.98 Å². The fourth-order valence-corrected chi connectivity index (χ4v) is 1.87. The van der Waals surface area contributed by atoms with Crippen LogP contribution < -0.4 is 62.2 Å². The molecule has 1 heterocycles. The number of benzene rings is 1. The van der Waals surface area contributed by atoms with Gasteiger partial charge in [-0.1, -0.05) is 0 Å². The largest absolute Gasteiger partial charge is 1.00 e. The van der Waals surface area contributed by atoms with Crippen molar-refractivity contribution in [3.8, 4) is 11.5 Å². The number of hydrogen-bond donors (Lipinski definition) is 2. The summed E-state index contributed by atoms with van der Waals surface area (Å²) in [6, 6.07) is 2.48. The molecule has 100 valence electrons. The molecule has 8 heteroatoms. The van der Waals surface area contributed by atoms with Crippen LogP contribution in [0, 0.1) is 6.92 Å². The van der Waals surface area contributed by atoms with Gasteiger partial charge in [0.15, 0.2) is 11.5 Å². The summed E-state index contributed by atoms with van der Waals surface area (Å²) in [4.78, 5) is 26.0. The second-order valence-electron chi connectivity index (χ2n) is 4.11. The minimum Gasteiger partial charge on any atom is -0.550 e. The molecule has 0 radical (unpaired) electrons. The Hall–Kier alpha value is -0.934. The van der Waals surface area contributed by atoms with Crippen molar-refractivity contribution in [2.45, 2.75) is 19.9 Å². The molecule has 2 rings (SSSR count). The molecule has 2 N–H and O–H groups in total. The number of phenols is 2. The SMILES string of the molecule is Cc1nc(=O)n(CCC(=O)[O-])c2cc(O)c(O)cc12.[K+]. The van der Waals surface area contributed by atoms with Gasteiger partial charge in [-0.05, 0) is 13.0 Å². The number of carbonyl (C=O) groups excluding carboxylic acids is 1. The number of hydrogen-bond acceptors (Lipinski definition) is 6. The van der Waals surface area contributed by atoms with Gasteiger partial charge < -0.3 is 20.1 Å². The van der Waals surface area contributed by atoms with Crippen LogP contribution in [0.1, 0.15) is 12.1 Å². The molecule has 0 atom stereocenters. The molecule has 0 saturated carbocycles. The first-order valence-electron chi connectivity index (χ1n) is 5.53. The molecule has 0 bridgehead atoms. The fraction of sp³-hybridized carbons (Fsp3) is 0.250. The first kappa shape index (κ1) is 17.1. The van der Waals surface area contributed by atoms with Crippen molar-refractivity contribution >= 4 is 16.9 Å². The Morgan fingerprint density at radius 2 is 1.95 bits per heavy atom. The van der Waals surface area contributed by atoms with Crippen LogP contribution in [-0.2, 0) is 11.3 Å². The predicted molar refractivity (Wildman–Crippen MR) is 63.7 cm³/mol. The van der Waals surface area contributed by atoms with Gasteiger partial charge in [-0.3, -0.25) is 4.57 Å². The maximum atomic E-state index is 11.8. The van der Waals surface area contributed by atoms with Gasteiger partial charge >= 0.3 is 57.1 Å². The zero-order valence-corrected chi connectivity index (χ0v) is 14.2. The van der Waals surface area contributed by atoms with Gasteiger partial charge in [-0.25, -0.2) is 4.79 Å². The van der Waals surface area contributed by atoms with E-state index in [0.29, 0.717) is 16.6 Å². The number of rotatable bonds is 3. The summed E-state index contributed by atoms with van der Waals surface area (Å²) in [5.41, 5.74) is 0.0883. The third kappa shape index (κ3) is 3.39. The van der Waals surface area contributed by atoms with E-state index >= 15 is 0 Å². The van der Waals surface area contributed by atoms with E-state index < -0.39 is 11.7 Å². The number of carbonyl (C=O) groups is 1. The minimum atomic E-state index is -1.29. The standard InChI is InChI=1S/C12H12N2O5.K/c1-6-7-4-9(15)10(16)5-8(7)14(12(19)13-6)3-2-11(17)18;/h4-5,15-16H,2-3H2,1H3,(H,17,18);/q;+1/p-1. The number of fused-ring (bicyclic) bond motifs is 1. The number of aromatic hydroxyl groups is 2. The third-order valence-corrected chi connectivity index (χ3v) is 2.81. The molecule has 0 unspecified atom stereocenters. The summed E-state index contributed by atoms with van der Waals surface area (Å²) in [5, 5.41) is 29.9. The van der Waals surface area contributed by atoms with Crippen molar-refractivity contribution in [3.63, 3.8) is 0 Å². The second kappa shape index (κ2) is 6.68. The van der Waals surface area contributed by atoms with Gasteiger partial charge in [0.1, 0.15) is 0 Å². The predicted octanol–water partition coefficient (Wildman–Crippen LogP) is -3.74. The number of aliphatic carboxylic acids is 1. The Morgan fingerprint density at radius 1 is 1.35 bits per heavy atom. The summed E-state index contributed by atoms with van der Waals surface area (Å²) in [6.07, 6.45) is -0.346. The summed E-state index contributed by atoms with van der Waals surface area (Å²) < 4.78 is 1.12. The topological polar surface area (TPSA) is 115 Å². The molecular weight excluding hydrogens is 291 g/mol. The molecule has 20 heavy (non-hydrogen) atoms. The van der Waals surface area contributed by atoms with Crippen LogP contribution in [0.3, 0.4) is 0 Å². The van der Waals surface area contributed by atoms with E-state index in [2.05, 4.69) is 4.98 Å². The Kier molecular flexibility index (Phi) is 5.72. The summed E-state index contributed by atoms with van der Waals surface area (Å²) >= 11 is 0. The minimum absolute atomic E-state index is 0.